The molecule has 4 bridgehead atoms. The van der Waals surface area contributed by atoms with Crippen LogP contribution in [0.25, 0.3) is 41.8 Å². The predicted molar refractivity (Wildman–Crippen MR) is 528 cm³/mol. The molecule has 9 fully saturated rings. The molecule has 17 rings (SSSR count). The van der Waals surface area contributed by atoms with E-state index < -0.39 is 28.1 Å². The van der Waals surface area contributed by atoms with Gasteiger partial charge in [-0.15, -0.1) is 45.3 Å². The molecule has 2 aliphatic carbocycles. The molecule has 15 heterocycles. The lowest BCUT2D eigenvalue weighted by Crippen LogP contribution is -2.60. The van der Waals surface area contributed by atoms with Gasteiger partial charge in [0, 0.05) is 134 Å². The number of carbonyl (C=O) groups excluding carboxylic acids is 8. The third kappa shape index (κ3) is 23.2. The number of pyridine rings is 4. The van der Waals surface area contributed by atoms with Crippen LogP contribution in [0.4, 0.5) is 23.3 Å². The third-order valence-electron chi connectivity index (χ3n) is 27.2. The van der Waals surface area contributed by atoms with E-state index >= 15 is 0 Å². The van der Waals surface area contributed by atoms with Gasteiger partial charge in [-0.25, -0.2) is 48.3 Å². The standard InChI is InChI=1S/2C25H33N5O3S.C23H32N6O4S2.C23H33N5O3S/c2*1-4-14(3)27-20-11-13(2)17(12-26-20)22-21(25(33)30-15-5-6-16(30)8-7-15)29-24(34-22)23(32)28-18-9-10-19(18)31;1-13(2)25-18-9-14(3)17(10-24-18)20-19(23(31)29-8-6-7-15(29)4)27-22(34-20)21(30)26-16-11-28(12-16)35(5,32)33;1-6-16(12-29)26-21(30)22-27-19(23(31)28-9-7-8-15(28)5)20(32-22)17-11-24-18(10-14(17)4)25-13(2)3/h2*11-12,14-16,18-19,31H,4-10H2,1-3H3,(H,26,27)(H,28,32);9-10,13,15-16H,6-8,11-12H2,1-5H3,(H,24,25)(H,26,30);10-11,13,15-16,29H,6-9,12H2,1-5H3,(H,24,25)(H,26,30)/t14-,15?,16?,18+,19+;14-,15?,16?,18-,19-;15-;15-,16+/m1100/s1. The number of aryl methyl sites for hydroxylation is 4. The van der Waals surface area contributed by atoms with Crippen molar-refractivity contribution in [3.05, 3.63) is 114 Å². The van der Waals surface area contributed by atoms with Gasteiger partial charge in [0.1, 0.15) is 46.0 Å². The third-order valence-corrected chi connectivity index (χ3v) is 32.8. The highest BCUT2D eigenvalue weighted by molar-refractivity contribution is 7.88. The van der Waals surface area contributed by atoms with E-state index in [1.807, 2.05) is 120 Å². The molecule has 8 aromatic heterocycles. The Morgan fingerprint density at radius 3 is 1.00 bits per heavy atom. The van der Waals surface area contributed by atoms with Crippen LogP contribution in [0.2, 0.25) is 0 Å². The number of nitrogens with zero attached hydrogens (tertiary/aromatic N) is 13. The molecular weight excluding hydrogens is 1820 g/mol. The fourth-order valence-electron chi connectivity index (χ4n) is 18.6. The van der Waals surface area contributed by atoms with Crippen molar-refractivity contribution < 1.29 is 62.1 Å². The molecule has 34 nitrogen and oxygen atoms in total. The molecule has 39 heteroatoms. The number of fused-ring (bicyclic) bond motifs is 4. The van der Waals surface area contributed by atoms with Gasteiger partial charge in [0.05, 0.1) is 68.7 Å². The van der Waals surface area contributed by atoms with E-state index in [4.69, 9.17) is 0 Å². The van der Waals surface area contributed by atoms with Gasteiger partial charge < -0.3 is 77.5 Å². The first kappa shape index (κ1) is 101. The van der Waals surface area contributed by atoms with Crippen molar-refractivity contribution in [3.8, 4) is 41.8 Å². The van der Waals surface area contributed by atoms with Crippen LogP contribution in [0, 0.1) is 27.7 Å². The van der Waals surface area contributed by atoms with E-state index in [9.17, 15) is 62.1 Å². The number of likely N-dealkylation sites (tertiary alicyclic amines) is 2. The molecule has 0 radical (unpaired) electrons. The summed E-state index contributed by atoms with van der Waals surface area (Å²) in [6, 6.07) is 9.15. The van der Waals surface area contributed by atoms with Crippen molar-refractivity contribution in [2.24, 2.45) is 0 Å². The summed E-state index contributed by atoms with van der Waals surface area (Å²) in [4.78, 5) is 153. The summed E-state index contributed by atoms with van der Waals surface area (Å²) in [5, 5.41) is 54.8. The molecule has 7 saturated heterocycles. The molecule has 11 N–H and O–H groups in total. The van der Waals surface area contributed by atoms with Crippen LogP contribution in [-0.4, -0.2) is 271 Å². The number of hydrogen-bond acceptors (Lipinski definition) is 29. The van der Waals surface area contributed by atoms with Gasteiger partial charge in [-0.1, -0.05) is 20.8 Å². The van der Waals surface area contributed by atoms with Gasteiger partial charge in [-0.3, -0.25) is 38.4 Å². The lowest BCUT2D eigenvalue weighted by atomic mass is 9.89. The largest absolute Gasteiger partial charge is 0.394 e. The molecule has 9 aliphatic rings. The zero-order chi connectivity index (χ0) is 96.9. The number of aliphatic hydroxyl groups is 3. The average molecular weight is 1950 g/mol. The monoisotopic (exact) mass is 1950 g/mol. The minimum atomic E-state index is -3.27. The molecule has 728 valence electrons. The topological polar surface area (TPSA) is 447 Å². The van der Waals surface area contributed by atoms with Crippen LogP contribution in [0.1, 0.15) is 302 Å². The van der Waals surface area contributed by atoms with Gasteiger partial charge in [0.15, 0.2) is 20.0 Å². The molecule has 9 atom stereocenters. The fraction of sp³-hybridized carbons (Fsp3) is 0.583. The fourth-order valence-corrected chi connectivity index (χ4v) is 23.6. The Balaban J connectivity index is 0.000000144. The maximum Gasteiger partial charge on any atom is 0.280 e. The normalized spacial score (nSPS) is 22.2. The van der Waals surface area contributed by atoms with E-state index in [0.29, 0.717) is 81.0 Å². The van der Waals surface area contributed by atoms with Crippen molar-refractivity contribution >= 4 is 126 Å². The van der Waals surface area contributed by atoms with Crippen LogP contribution >= 0.6 is 45.3 Å². The molecule has 0 aromatic carbocycles. The summed E-state index contributed by atoms with van der Waals surface area (Å²) in [6.07, 6.45) is 24.7. The zero-order valence-electron chi connectivity index (χ0n) is 80.1. The Kier molecular flexibility index (Phi) is 32.6. The molecular formula is C96H131N21O13S5. The van der Waals surface area contributed by atoms with Crippen molar-refractivity contribution in [2.75, 3.05) is 60.3 Å². The maximum atomic E-state index is 13.7. The number of nitrogens with one attached hydrogen (secondary N) is 8. The quantitative estimate of drug-likeness (QED) is 0.0207. The summed E-state index contributed by atoms with van der Waals surface area (Å²) in [6.45, 7) is 32.1. The summed E-state index contributed by atoms with van der Waals surface area (Å²) >= 11 is 4.82. The Morgan fingerprint density at radius 2 is 0.741 bits per heavy atom. The SMILES string of the molecule is CC[C@@H](C)Nc1cc(C)c(-c2sc(C(=O)N[C@@H]3CC[C@H]3O)nc2C(=O)N2C3CCC2CC3)cn1.CC[C@@H](C)Nc1cc(C)c(-c2sc(C(=O)N[C@H]3CC[C@@H]3O)nc2C(=O)N2C3CCC2CC3)cn1.CC[C@H](CO)NC(=O)c1nc(C(=O)N2CCC[C@@H]2C)c(-c2cnc(NC(C)C)cc2C)s1.Cc1cc(NC(C)C)ncc1-c1sc(C(=O)NC2CN(S(C)(=O)=O)C2)nc1C(=O)N1CCC[C@@H]1C. The van der Waals surface area contributed by atoms with Gasteiger partial charge in [0.25, 0.3) is 47.3 Å². The zero-order valence-corrected chi connectivity index (χ0v) is 84.2. The van der Waals surface area contributed by atoms with Crippen molar-refractivity contribution in [1.82, 2.24) is 85.0 Å². The first-order valence-electron chi connectivity index (χ1n) is 47.8. The van der Waals surface area contributed by atoms with Crippen LogP contribution in [0.3, 0.4) is 0 Å². The minimum absolute atomic E-state index is 0.0832. The summed E-state index contributed by atoms with van der Waals surface area (Å²) < 4.78 is 24.5. The lowest BCUT2D eigenvalue weighted by Gasteiger charge is -2.37. The second kappa shape index (κ2) is 43.7. The molecule has 8 aromatic rings. The molecule has 2 saturated carbocycles. The Labute approximate surface area is 806 Å². The highest BCUT2D eigenvalue weighted by Gasteiger charge is 2.47. The Hall–Kier alpha value is -10.1. The summed E-state index contributed by atoms with van der Waals surface area (Å²) in [7, 11) is -3.27. The van der Waals surface area contributed by atoms with Crippen LogP contribution in [0.15, 0.2) is 49.1 Å². The number of amides is 8. The first-order valence-corrected chi connectivity index (χ1v) is 52.9. The van der Waals surface area contributed by atoms with E-state index in [0.717, 1.165) is 188 Å². The second-order valence-electron chi connectivity index (χ2n) is 38.1. The van der Waals surface area contributed by atoms with Crippen molar-refractivity contribution in [2.45, 2.75) is 323 Å². The summed E-state index contributed by atoms with van der Waals surface area (Å²) in [5.41, 5.74) is 8.26. The van der Waals surface area contributed by atoms with E-state index in [1.54, 1.807) is 24.8 Å². The number of aromatic nitrogens is 8. The van der Waals surface area contributed by atoms with Gasteiger partial charge in [-0.2, -0.15) is 4.31 Å². The molecule has 8 amide bonds. The maximum absolute atomic E-state index is 13.7. The number of anilines is 4. The highest BCUT2D eigenvalue weighted by atomic mass is 32.2. The molecule has 135 heavy (non-hydrogen) atoms. The smallest absolute Gasteiger partial charge is 0.280 e. The van der Waals surface area contributed by atoms with Gasteiger partial charge in [0.2, 0.25) is 10.0 Å². The van der Waals surface area contributed by atoms with Crippen LogP contribution < -0.4 is 42.5 Å². The number of thiazole rings is 4. The van der Waals surface area contributed by atoms with E-state index in [2.05, 4.69) is 110 Å². The summed E-state index contributed by atoms with van der Waals surface area (Å²) in [5.74, 6) is 1.13. The number of aliphatic hydroxyl groups excluding tert-OH is 3. The highest BCUT2D eigenvalue weighted by Crippen LogP contribution is 2.45. The number of rotatable bonds is 29. The van der Waals surface area contributed by atoms with Gasteiger partial charge in [-0.05, 0) is 252 Å². The van der Waals surface area contributed by atoms with Crippen molar-refractivity contribution in [1.29, 1.82) is 0 Å². The molecule has 7 aliphatic heterocycles. The molecule has 0 unspecified atom stereocenters. The van der Waals surface area contributed by atoms with Crippen LogP contribution in [0.5, 0.6) is 0 Å². The lowest BCUT2D eigenvalue weighted by molar-refractivity contribution is 0.0447. The molecule has 0 spiro atoms. The van der Waals surface area contributed by atoms with E-state index in [-0.39, 0.29) is 159 Å². The Morgan fingerprint density at radius 1 is 0.430 bits per heavy atom. The minimum Gasteiger partial charge on any atom is -0.394 e. The second-order valence-corrected chi connectivity index (χ2v) is 44.1. The van der Waals surface area contributed by atoms with Gasteiger partial charge >= 0.3 is 0 Å². The average Bonchev–Trinajstić information content (AvgIpc) is 1.61. The van der Waals surface area contributed by atoms with Crippen molar-refractivity contribution in [3.63, 3.8) is 0 Å². The predicted octanol–water partition coefficient (Wildman–Crippen LogP) is 13.3. The van der Waals surface area contributed by atoms with E-state index in [1.165, 1.54) is 38.3 Å². The Bertz CT molecular complexity index is 5580. The number of hydrogen-bond donors (Lipinski definition) is 11. The first-order chi connectivity index (χ1) is 64.4. The van der Waals surface area contributed by atoms with Crippen LogP contribution in [-0.2, 0) is 10.0 Å². The number of carbonyl (C=O) groups is 8. The number of sulfonamides is 1.